The van der Waals surface area contributed by atoms with E-state index in [1.807, 2.05) is 0 Å². The summed E-state index contributed by atoms with van der Waals surface area (Å²) in [6.45, 7) is 0. The molecule has 6 heteroatoms. The normalized spacial score (nSPS) is 34.5. The minimum absolute atomic E-state index is 0.158. The lowest BCUT2D eigenvalue weighted by molar-refractivity contribution is 0.494. The zero-order valence-electron chi connectivity index (χ0n) is 16.5. The molecule has 0 aromatic heterocycles. The Labute approximate surface area is 177 Å². The fourth-order valence-electron chi connectivity index (χ4n) is 6.98. The maximum atomic E-state index is 13.8. The van der Waals surface area contributed by atoms with Crippen LogP contribution in [0.15, 0.2) is 81.6 Å². The van der Waals surface area contributed by atoms with E-state index in [1.54, 1.807) is 60.7 Å². The number of rotatable bonds is 4. The molecule has 6 atom stereocenters. The Kier molecular flexibility index (Phi) is 3.95. The largest absolute Gasteiger partial charge is 0.223 e. The highest BCUT2D eigenvalue weighted by Gasteiger charge is 2.65. The van der Waals surface area contributed by atoms with Gasteiger partial charge >= 0.3 is 0 Å². The van der Waals surface area contributed by atoms with E-state index in [-0.39, 0.29) is 21.6 Å². The summed E-state index contributed by atoms with van der Waals surface area (Å²) in [5.41, 5.74) is 2.64. The highest BCUT2D eigenvalue weighted by molar-refractivity contribution is 7.96. The molecule has 4 aliphatic carbocycles. The number of benzene rings is 2. The van der Waals surface area contributed by atoms with E-state index >= 15 is 0 Å². The topological polar surface area (TPSA) is 68.3 Å². The summed E-state index contributed by atoms with van der Waals surface area (Å²) in [5, 5.41) is -1.79. The molecule has 0 heterocycles. The maximum Gasteiger partial charge on any atom is 0.183 e. The van der Waals surface area contributed by atoms with Gasteiger partial charge in [-0.25, -0.2) is 16.8 Å². The molecule has 30 heavy (non-hydrogen) atoms. The third kappa shape index (κ3) is 2.38. The Morgan fingerprint density at radius 2 is 0.967 bits per heavy atom. The molecule has 156 valence electrons. The van der Waals surface area contributed by atoms with Crippen molar-refractivity contribution in [2.75, 3.05) is 0 Å². The first-order chi connectivity index (χ1) is 14.4. The van der Waals surface area contributed by atoms with Crippen LogP contribution in [0.1, 0.15) is 25.7 Å². The minimum Gasteiger partial charge on any atom is -0.223 e. The summed E-state index contributed by atoms with van der Waals surface area (Å²) in [6, 6.07) is 16.8. The van der Waals surface area contributed by atoms with E-state index in [4.69, 9.17) is 0 Å². The summed E-state index contributed by atoms with van der Waals surface area (Å²) in [7, 11) is -7.56. The minimum atomic E-state index is -3.78. The molecule has 0 saturated heterocycles. The van der Waals surface area contributed by atoms with Crippen LogP contribution < -0.4 is 0 Å². The van der Waals surface area contributed by atoms with Crippen molar-refractivity contribution in [1.82, 2.24) is 0 Å². The standard InChI is InChI=1S/C24H24O4S2/c25-29(26,17-7-3-1-4-8-17)23-19-14-20(22-16-12-11-15(13-16)21(19)22)24(23)30(27,28)18-9-5-2-6-10-18/h1-10,15-16,19-20,23-24H,11-14H2/t15-,16-,19-,20-,23-,24+/m0/s1. The predicted octanol–water partition coefficient (Wildman–Crippen LogP) is 4.05. The van der Waals surface area contributed by atoms with Gasteiger partial charge in [0.2, 0.25) is 0 Å². The van der Waals surface area contributed by atoms with E-state index in [0.717, 1.165) is 19.3 Å². The predicted molar refractivity (Wildman–Crippen MR) is 114 cm³/mol. The van der Waals surface area contributed by atoms with Crippen LogP contribution in [0.3, 0.4) is 0 Å². The molecule has 4 bridgehead atoms. The second kappa shape index (κ2) is 6.30. The quantitative estimate of drug-likeness (QED) is 0.531. The molecule has 6 rings (SSSR count). The lowest BCUT2D eigenvalue weighted by Gasteiger charge is -2.35. The second-order valence-electron chi connectivity index (χ2n) is 9.21. The summed E-state index contributed by atoms with van der Waals surface area (Å²) in [4.78, 5) is 0.474. The van der Waals surface area contributed by atoms with E-state index < -0.39 is 30.2 Å². The third-order valence-corrected chi connectivity index (χ3v) is 12.6. The highest BCUT2D eigenvalue weighted by atomic mass is 32.2. The molecule has 0 spiro atoms. The van der Waals surface area contributed by atoms with E-state index in [0.29, 0.717) is 18.3 Å². The first-order valence-corrected chi connectivity index (χ1v) is 13.8. The van der Waals surface area contributed by atoms with Gasteiger partial charge in [0.15, 0.2) is 19.7 Å². The molecule has 4 aliphatic rings. The van der Waals surface area contributed by atoms with Gasteiger partial charge in [0.25, 0.3) is 0 Å². The highest BCUT2D eigenvalue weighted by Crippen LogP contribution is 2.66. The van der Waals surface area contributed by atoms with E-state index in [1.165, 1.54) is 11.1 Å². The van der Waals surface area contributed by atoms with Gasteiger partial charge in [0.05, 0.1) is 20.3 Å². The smallest absolute Gasteiger partial charge is 0.183 e. The fraction of sp³-hybridized carbons (Fsp3) is 0.417. The molecule has 0 N–H and O–H groups in total. The summed E-state index contributed by atoms with van der Waals surface area (Å²) < 4.78 is 55.3. The average Bonchev–Trinajstić information content (AvgIpc) is 3.53. The first kappa shape index (κ1) is 18.8. The van der Waals surface area contributed by atoms with Crippen LogP contribution in [0.2, 0.25) is 0 Å². The van der Waals surface area contributed by atoms with Crippen LogP contribution in [0.25, 0.3) is 0 Å². The summed E-state index contributed by atoms with van der Waals surface area (Å²) in [5.74, 6) is 0.616. The van der Waals surface area contributed by atoms with Crippen LogP contribution in [0.5, 0.6) is 0 Å². The van der Waals surface area contributed by atoms with Crippen molar-refractivity contribution in [3.63, 3.8) is 0 Å². The van der Waals surface area contributed by atoms with Gasteiger partial charge in [-0.3, -0.25) is 0 Å². The molecule has 4 nitrogen and oxygen atoms in total. The van der Waals surface area contributed by atoms with Crippen LogP contribution in [0.4, 0.5) is 0 Å². The van der Waals surface area contributed by atoms with Crippen molar-refractivity contribution in [1.29, 1.82) is 0 Å². The van der Waals surface area contributed by atoms with E-state index in [2.05, 4.69) is 0 Å². The van der Waals surface area contributed by atoms with Crippen LogP contribution in [-0.4, -0.2) is 27.3 Å². The number of hydrogen-bond donors (Lipinski definition) is 0. The summed E-state index contributed by atoms with van der Waals surface area (Å²) in [6.07, 6.45) is 4.01. The molecule has 0 radical (unpaired) electrons. The Morgan fingerprint density at radius 3 is 1.37 bits per heavy atom. The Hall–Kier alpha value is -1.92. The molecular weight excluding hydrogens is 416 g/mol. The van der Waals surface area contributed by atoms with Gasteiger partial charge in [0.1, 0.15) is 0 Å². The second-order valence-corrected chi connectivity index (χ2v) is 13.4. The summed E-state index contributed by atoms with van der Waals surface area (Å²) >= 11 is 0. The lowest BCUT2D eigenvalue weighted by Crippen LogP contribution is -2.45. The van der Waals surface area contributed by atoms with Gasteiger partial charge in [-0.15, -0.1) is 0 Å². The van der Waals surface area contributed by atoms with E-state index in [9.17, 15) is 16.8 Å². The fourth-order valence-corrected chi connectivity index (χ4v) is 12.0. The number of hydrogen-bond acceptors (Lipinski definition) is 4. The first-order valence-electron chi connectivity index (χ1n) is 10.7. The van der Waals surface area contributed by atoms with Gasteiger partial charge in [-0.1, -0.05) is 47.5 Å². The van der Waals surface area contributed by atoms with Crippen molar-refractivity contribution in [2.24, 2.45) is 23.7 Å². The Morgan fingerprint density at radius 1 is 0.567 bits per heavy atom. The Bertz CT molecular complexity index is 1150. The van der Waals surface area contributed by atoms with Gasteiger partial charge in [-0.2, -0.15) is 0 Å². The number of sulfone groups is 2. The molecule has 0 aliphatic heterocycles. The SMILES string of the molecule is O=S(=O)(c1ccccc1)[C@@H]1[C@H](S(=O)(=O)c2ccccc2)[C@H]2C[C@H]1C1=C2[C@H]2CC[C@H]1C2. The van der Waals surface area contributed by atoms with Crippen molar-refractivity contribution in [2.45, 2.75) is 46.0 Å². The van der Waals surface area contributed by atoms with Gasteiger partial charge in [0, 0.05) is 0 Å². The maximum absolute atomic E-state index is 13.8. The molecule has 2 fully saturated rings. The molecular formula is C24H24O4S2. The average molecular weight is 441 g/mol. The Balaban J connectivity index is 1.55. The van der Waals surface area contributed by atoms with Gasteiger partial charge < -0.3 is 0 Å². The molecule has 0 unspecified atom stereocenters. The molecule has 2 aromatic carbocycles. The lowest BCUT2D eigenvalue weighted by atomic mass is 9.82. The van der Waals surface area contributed by atoms with Crippen molar-refractivity contribution in [3.8, 4) is 0 Å². The van der Waals surface area contributed by atoms with Crippen molar-refractivity contribution >= 4 is 19.7 Å². The number of allylic oxidation sites excluding steroid dienone is 2. The number of fused-ring (bicyclic) bond motifs is 8. The van der Waals surface area contributed by atoms with Gasteiger partial charge in [-0.05, 0) is 73.6 Å². The zero-order chi connectivity index (χ0) is 20.7. The van der Waals surface area contributed by atoms with Crippen molar-refractivity contribution in [3.05, 3.63) is 71.8 Å². The molecule has 0 amide bonds. The molecule has 2 saturated carbocycles. The molecule has 2 aromatic rings. The van der Waals surface area contributed by atoms with Crippen LogP contribution >= 0.6 is 0 Å². The van der Waals surface area contributed by atoms with Crippen LogP contribution in [0, 0.1) is 23.7 Å². The third-order valence-electron chi connectivity index (χ3n) is 7.93. The van der Waals surface area contributed by atoms with Crippen LogP contribution in [-0.2, 0) is 19.7 Å². The zero-order valence-corrected chi connectivity index (χ0v) is 18.1. The van der Waals surface area contributed by atoms with Crippen molar-refractivity contribution < 1.29 is 16.8 Å². The monoisotopic (exact) mass is 440 g/mol.